The number of hydrogen-bond donors (Lipinski definition) is 0. The normalized spacial score (nSPS) is 13.0. The van der Waals surface area contributed by atoms with Crippen molar-refractivity contribution < 1.29 is 42.9 Å². The molecule has 75 heavy (non-hydrogen) atoms. The zero-order valence-electron chi connectivity index (χ0n) is 49.9. The predicted octanol–water partition coefficient (Wildman–Crippen LogP) is 17.7. The first kappa shape index (κ1) is 72.2. The molecular formula is C66H121NO8. The summed E-state index contributed by atoms with van der Waals surface area (Å²) in [7, 11) is 5.93. The first-order valence-corrected chi connectivity index (χ1v) is 31.8. The fourth-order valence-electron chi connectivity index (χ4n) is 9.13. The highest BCUT2D eigenvalue weighted by atomic mass is 16.7. The van der Waals surface area contributed by atoms with Gasteiger partial charge in [-0.1, -0.05) is 255 Å². The van der Waals surface area contributed by atoms with E-state index in [2.05, 4.69) is 62.5 Å². The van der Waals surface area contributed by atoms with Gasteiger partial charge in [0.25, 0.3) is 0 Å². The molecule has 0 fully saturated rings. The Morgan fingerprint density at radius 3 is 1.08 bits per heavy atom. The number of carbonyl (C=O) groups is 3. The number of carbonyl (C=O) groups excluding carboxylic acids is 3. The number of aliphatic carboxylic acids is 1. The molecule has 2 atom stereocenters. The van der Waals surface area contributed by atoms with Crippen LogP contribution in [0.1, 0.15) is 296 Å². The summed E-state index contributed by atoms with van der Waals surface area (Å²) in [5.74, 6) is -2.27. The topological polar surface area (TPSA) is 111 Å². The number of ether oxygens (including phenoxy) is 4. The molecule has 0 rings (SSSR count). The second kappa shape index (κ2) is 57.4. The third kappa shape index (κ3) is 58.8. The van der Waals surface area contributed by atoms with Crippen LogP contribution < -0.4 is 5.11 Å². The summed E-state index contributed by atoms with van der Waals surface area (Å²) in [4.78, 5) is 37.4. The SMILES string of the molecule is CCCCCCC/C=C\C/C=C\C/C=C\CCCCCCCCCCCCCCCCCCC(=O)OC(COC(=O)CCCCCCCCCCC/C=C\CCCCCCCC)COC(OCC[N+](C)(C)C)C(=O)[O-]. The lowest BCUT2D eigenvalue weighted by Crippen LogP contribution is -2.44. The molecule has 0 heterocycles. The average Bonchev–Trinajstić information content (AvgIpc) is 3.38. The zero-order valence-corrected chi connectivity index (χ0v) is 49.9. The highest BCUT2D eigenvalue weighted by Gasteiger charge is 2.22. The van der Waals surface area contributed by atoms with Crippen LogP contribution in [-0.4, -0.2) is 82.3 Å². The van der Waals surface area contributed by atoms with Crippen molar-refractivity contribution in [2.75, 3.05) is 47.5 Å². The smallest absolute Gasteiger partial charge is 0.306 e. The van der Waals surface area contributed by atoms with Gasteiger partial charge in [0.05, 0.1) is 40.3 Å². The number of carboxylic acid groups (broad SMARTS) is 1. The second-order valence-electron chi connectivity index (χ2n) is 22.7. The number of carboxylic acids is 1. The number of hydrogen-bond acceptors (Lipinski definition) is 8. The van der Waals surface area contributed by atoms with E-state index in [4.69, 9.17) is 18.9 Å². The van der Waals surface area contributed by atoms with Crippen molar-refractivity contribution in [3.63, 3.8) is 0 Å². The molecular weight excluding hydrogens is 935 g/mol. The molecule has 0 aromatic carbocycles. The summed E-state index contributed by atoms with van der Waals surface area (Å²) < 4.78 is 22.8. The van der Waals surface area contributed by atoms with Crippen LogP contribution in [0.5, 0.6) is 0 Å². The van der Waals surface area contributed by atoms with Crippen LogP contribution in [-0.2, 0) is 33.3 Å². The summed E-state index contributed by atoms with van der Waals surface area (Å²) in [6.07, 6.45) is 68.8. The zero-order chi connectivity index (χ0) is 54.8. The lowest BCUT2D eigenvalue weighted by Gasteiger charge is -2.26. The van der Waals surface area contributed by atoms with E-state index in [-0.39, 0.29) is 32.2 Å². The lowest BCUT2D eigenvalue weighted by atomic mass is 10.0. The number of likely N-dealkylation sites (N-methyl/N-ethyl adjacent to an activating group) is 1. The monoisotopic (exact) mass is 1060 g/mol. The van der Waals surface area contributed by atoms with Gasteiger partial charge in [0.1, 0.15) is 13.2 Å². The number of rotatable bonds is 59. The van der Waals surface area contributed by atoms with Gasteiger partial charge in [0, 0.05) is 12.8 Å². The molecule has 0 bridgehead atoms. The second-order valence-corrected chi connectivity index (χ2v) is 22.7. The summed E-state index contributed by atoms with van der Waals surface area (Å²) in [5, 5.41) is 11.8. The van der Waals surface area contributed by atoms with Crippen LogP contribution in [0.2, 0.25) is 0 Å². The molecule has 0 aromatic heterocycles. The van der Waals surface area contributed by atoms with Gasteiger partial charge >= 0.3 is 11.9 Å². The maximum absolute atomic E-state index is 12.9. The van der Waals surface area contributed by atoms with Crippen molar-refractivity contribution in [2.45, 2.75) is 309 Å². The molecule has 9 nitrogen and oxygen atoms in total. The van der Waals surface area contributed by atoms with Crippen molar-refractivity contribution >= 4 is 17.9 Å². The van der Waals surface area contributed by atoms with Gasteiger partial charge < -0.3 is 33.3 Å². The largest absolute Gasteiger partial charge is 0.545 e. The lowest BCUT2D eigenvalue weighted by molar-refractivity contribution is -0.870. The molecule has 0 aliphatic rings. The maximum atomic E-state index is 12.9. The Hall–Kier alpha value is -2.75. The standard InChI is InChI=1S/C66H121NO8/c1-6-8-10-12-14-16-18-20-22-24-26-27-28-29-30-31-32-33-34-35-36-37-39-41-43-45-47-49-51-53-55-57-64(69)75-62(61-74-66(65(70)71)72-59-58-67(3,4)5)60-73-63(68)56-54-52-50-48-46-44-42-40-38-25-23-21-19-17-15-13-11-9-7-2/h18,20-21,23-24,26,28-29,62,66H,6-17,19,22,25,27,30-61H2,1-5H3/b20-18-,23-21-,26-24-,29-28-. The molecule has 0 aromatic rings. The van der Waals surface area contributed by atoms with Crippen LogP contribution >= 0.6 is 0 Å². The van der Waals surface area contributed by atoms with E-state index in [1.165, 1.54) is 218 Å². The van der Waals surface area contributed by atoms with E-state index < -0.39 is 24.3 Å². The fourth-order valence-corrected chi connectivity index (χ4v) is 9.13. The van der Waals surface area contributed by atoms with Crippen LogP contribution in [0.3, 0.4) is 0 Å². The van der Waals surface area contributed by atoms with Gasteiger partial charge in [-0.25, -0.2) is 0 Å². The molecule has 0 saturated carbocycles. The first-order chi connectivity index (χ1) is 36.6. The van der Waals surface area contributed by atoms with E-state index >= 15 is 0 Å². The molecule has 0 aliphatic carbocycles. The Balaban J connectivity index is 4.13. The van der Waals surface area contributed by atoms with Crippen LogP contribution in [0.4, 0.5) is 0 Å². The van der Waals surface area contributed by atoms with E-state index in [0.29, 0.717) is 23.9 Å². The Bertz CT molecular complexity index is 1370. The summed E-state index contributed by atoms with van der Waals surface area (Å²) in [6, 6.07) is 0. The minimum atomic E-state index is -1.62. The third-order valence-corrected chi connectivity index (χ3v) is 14.0. The van der Waals surface area contributed by atoms with E-state index in [9.17, 15) is 19.5 Å². The number of quaternary nitrogens is 1. The van der Waals surface area contributed by atoms with E-state index in [0.717, 1.165) is 44.9 Å². The molecule has 2 unspecified atom stereocenters. The van der Waals surface area contributed by atoms with E-state index in [1.54, 1.807) is 0 Å². The quantitative estimate of drug-likeness (QED) is 0.0195. The molecule has 0 N–H and O–H groups in total. The minimum absolute atomic E-state index is 0.148. The van der Waals surface area contributed by atoms with Crippen molar-refractivity contribution in [3.05, 3.63) is 48.6 Å². The maximum Gasteiger partial charge on any atom is 0.306 e. The number of allylic oxidation sites excluding steroid dienone is 8. The molecule has 0 spiro atoms. The fraction of sp³-hybridized carbons (Fsp3) is 0.833. The molecule has 438 valence electrons. The third-order valence-electron chi connectivity index (χ3n) is 14.0. The molecule has 0 saturated heterocycles. The van der Waals surface area contributed by atoms with Crippen molar-refractivity contribution in [3.8, 4) is 0 Å². The number of nitrogens with zero attached hydrogens (tertiary/aromatic N) is 1. The van der Waals surface area contributed by atoms with Crippen molar-refractivity contribution in [2.24, 2.45) is 0 Å². The van der Waals surface area contributed by atoms with Crippen molar-refractivity contribution in [1.29, 1.82) is 0 Å². The summed E-state index contributed by atoms with van der Waals surface area (Å²) >= 11 is 0. The number of unbranched alkanes of at least 4 members (excludes halogenated alkanes) is 36. The first-order valence-electron chi connectivity index (χ1n) is 31.8. The van der Waals surface area contributed by atoms with Gasteiger partial charge in [-0.05, 0) is 77.0 Å². The van der Waals surface area contributed by atoms with Gasteiger partial charge in [0.15, 0.2) is 12.4 Å². The highest BCUT2D eigenvalue weighted by Crippen LogP contribution is 2.17. The van der Waals surface area contributed by atoms with Gasteiger partial charge in [-0.3, -0.25) is 9.59 Å². The Morgan fingerprint density at radius 1 is 0.400 bits per heavy atom. The van der Waals surface area contributed by atoms with Crippen LogP contribution in [0.15, 0.2) is 48.6 Å². The van der Waals surface area contributed by atoms with Crippen LogP contribution in [0.25, 0.3) is 0 Å². The average molecular weight is 1060 g/mol. The molecule has 9 heteroatoms. The van der Waals surface area contributed by atoms with Gasteiger partial charge in [-0.15, -0.1) is 0 Å². The Morgan fingerprint density at radius 2 is 0.720 bits per heavy atom. The van der Waals surface area contributed by atoms with Crippen molar-refractivity contribution in [1.82, 2.24) is 0 Å². The van der Waals surface area contributed by atoms with Crippen LogP contribution in [0, 0.1) is 0 Å². The minimum Gasteiger partial charge on any atom is -0.545 e. The number of esters is 2. The molecule has 0 amide bonds. The Labute approximate surface area is 463 Å². The Kier molecular flexibility index (Phi) is 55.3. The van der Waals surface area contributed by atoms with Gasteiger partial charge in [-0.2, -0.15) is 0 Å². The van der Waals surface area contributed by atoms with Gasteiger partial charge in [0.2, 0.25) is 0 Å². The predicted molar refractivity (Wildman–Crippen MR) is 315 cm³/mol. The highest BCUT2D eigenvalue weighted by molar-refractivity contribution is 5.70. The molecule has 0 radical (unpaired) electrons. The summed E-state index contributed by atoms with van der Waals surface area (Å²) in [5.41, 5.74) is 0. The van der Waals surface area contributed by atoms with E-state index in [1.807, 2.05) is 21.1 Å². The summed E-state index contributed by atoms with van der Waals surface area (Å²) in [6.45, 7) is 4.77. The molecule has 0 aliphatic heterocycles.